The van der Waals surface area contributed by atoms with Gasteiger partial charge in [0.15, 0.2) is 0 Å². The fourth-order valence-corrected chi connectivity index (χ4v) is 4.23. The molecule has 0 saturated carbocycles. The van der Waals surface area contributed by atoms with Crippen LogP contribution in [0.2, 0.25) is 0 Å². The van der Waals surface area contributed by atoms with Crippen molar-refractivity contribution in [2.24, 2.45) is 5.92 Å². The molecule has 0 atom stereocenters. The summed E-state index contributed by atoms with van der Waals surface area (Å²) in [5.41, 5.74) is 4.08. The van der Waals surface area contributed by atoms with Crippen LogP contribution in [-0.4, -0.2) is 47.4 Å². The average Bonchev–Trinajstić information content (AvgIpc) is 2.80. The van der Waals surface area contributed by atoms with Gasteiger partial charge in [-0.15, -0.1) is 0 Å². The van der Waals surface area contributed by atoms with Gasteiger partial charge in [0, 0.05) is 30.5 Å². The Bertz CT molecular complexity index is 1060. The number of benzene rings is 1. The van der Waals surface area contributed by atoms with Gasteiger partial charge in [-0.05, 0) is 50.9 Å². The van der Waals surface area contributed by atoms with Crippen molar-refractivity contribution in [3.05, 3.63) is 65.1 Å². The Hall–Kier alpha value is -2.86. The number of carbonyl (C=O) groups is 1. The van der Waals surface area contributed by atoms with Crippen molar-refractivity contribution in [2.45, 2.75) is 32.6 Å². The molecule has 4 rings (SSSR count). The van der Waals surface area contributed by atoms with Gasteiger partial charge in [0.1, 0.15) is 11.6 Å². The van der Waals surface area contributed by atoms with E-state index in [1.54, 1.807) is 19.2 Å². The molecule has 0 aliphatic carbocycles. The first-order chi connectivity index (χ1) is 15.0. The summed E-state index contributed by atoms with van der Waals surface area (Å²) in [6.45, 7) is 4.49. The molecule has 2 aromatic heterocycles. The minimum absolute atomic E-state index is 0.113. The lowest BCUT2D eigenvalue weighted by Crippen LogP contribution is -2.38. The summed E-state index contributed by atoms with van der Waals surface area (Å²) >= 11 is 0. The van der Waals surface area contributed by atoms with Gasteiger partial charge < -0.3 is 9.64 Å². The van der Waals surface area contributed by atoms with Crippen LogP contribution in [0.25, 0.3) is 11.0 Å². The number of aromatic nitrogens is 2. The van der Waals surface area contributed by atoms with E-state index in [4.69, 9.17) is 4.74 Å². The fraction of sp³-hybridized carbons (Fsp3) is 0.400. The third kappa shape index (κ3) is 5.07. The summed E-state index contributed by atoms with van der Waals surface area (Å²) in [4.78, 5) is 23.5. The molecule has 1 saturated heterocycles. The molecule has 0 radical (unpaired) electrons. The first-order valence-electron chi connectivity index (χ1n) is 10.8. The molecule has 0 spiro atoms. The predicted octanol–water partition coefficient (Wildman–Crippen LogP) is 4.15. The van der Waals surface area contributed by atoms with E-state index >= 15 is 0 Å². The zero-order valence-electron chi connectivity index (χ0n) is 18.1. The van der Waals surface area contributed by atoms with E-state index in [-0.39, 0.29) is 11.7 Å². The lowest BCUT2D eigenvalue weighted by atomic mass is 9.89. The van der Waals surface area contributed by atoms with Gasteiger partial charge in [-0.1, -0.05) is 29.8 Å². The average molecular weight is 422 g/mol. The van der Waals surface area contributed by atoms with E-state index in [0.29, 0.717) is 41.1 Å². The topological polar surface area (TPSA) is 55.3 Å². The molecule has 6 heteroatoms. The summed E-state index contributed by atoms with van der Waals surface area (Å²) < 4.78 is 19.7. The molecule has 0 amide bonds. The Balaban J connectivity index is 1.34. The number of ketones is 1. The maximum absolute atomic E-state index is 14.5. The second-order valence-corrected chi connectivity index (χ2v) is 8.30. The van der Waals surface area contributed by atoms with Crippen molar-refractivity contribution >= 4 is 16.8 Å². The zero-order valence-corrected chi connectivity index (χ0v) is 18.1. The third-order valence-corrected chi connectivity index (χ3v) is 6.17. The van der Waals surface area contributed by atoms with E-state index < -0.39 is 0 Å². The van der Waals surface area contributed by atoms with E-state index in [2.05, 4.69) is 33.9 Å². The number of likely N-dealkylation sites (tertiary alicyclic amines) is 1. The fourth-order valence-electron chi connectivity index (χ4n) is 4.23. The number of Topliss-reactive ketones (excluding diaryl/α,β-unsaturated/α-hetero) is 1. The summed E-state index contributed by atoms with van der Waals surface area (Å²) in [6, 6.07) is 11.7. The van der Waals surface area contributed by atoms with Gasteiger partial charge in [-0.2, -0.15) is 0 Å². The number of pyridine rings is 2. The number of fused-ring (bicyclic) bond motifs is 1. The highest BCUT2D eigenvalue weighted by atomic mass is 19.1. The number of rotatable bonds is 7. The van der Waals surface area contributed by atoms with E-state index in [1.165, 1.54) is 11.8 Å². The number of piperidine rings is 1. The number of hydrogen-bond donors (Lipinski definition) is 0. The number of carbonyl (C=O) groups excluding carboxylic acids is 1. The molecule has 0 unspecified atom stereocenters. The molecular formula is C25H28FN3O2. The highest BCUT2D eigenvalue weighted by Gasteiger charge is 2.25. The van der Waals surface area contributed by atoms with Crippen molar-refractivity contribution in [1.29, 1.82) is 0 Å². The van der Waals surface area contributed by atoms with Crippen LogP contribution < -0.4 is 4.74 Å². The van der Waals surface area contributed by atoms with Gasteiger partial charge in [-0.25, -0.2) is 9.37 Å². The van der Waals surface area contributed by atoms with Crippen LogP contribution in [0.5, 0.6) is 5.88 Å². The van der Waals surface area contributed by atoms with Crippen LogP contribution in [-0.2, 0) is 17.6 Å². The first-order valence-corrected chi connectivity index (χ1v) is 10.8. The minimum atomic E-state index is -0.337. The molecule has 0 bridgehead atoms. The Morgan fingerprint density at radius 1 is 1.16 bits per heavy atom. The van der Waals surface area contributed by atoms with Crippen molar-refractivity contribution < 1.29 is 13.9 Å². The standard InChI is InChI=1S/C25H28FN3O2/c1-17-3-5-18(6-4-17)15-23(30)19-9-12-29(13-10-19)14-11-20-21(26)16-27-22-7-8-24(31-2)28-25(20)22/h3-8,16,19H,9-15H2,1-2H3. The Morgan fingerprint density at radius 2 is 1.90 bits per heavy atom. The number of ether oxygens (including phenoxy) is 1. The molecule has 1 aromatic carbocycles. The molecular weight excluding hydrogens is 393 g/mol. The molecule has 1 aliphatic heterocycles. The van der Waals surface area contributed by atoms with Gasteiger partial charge in [0.2, 0.25) is 5.88 Å². The summed E-state index contributed by atoms with van der Waals surface area (Å²) in [5.74, 6) is 0.554. The molecule has 3 aromatic rings. The number of nitrogens with zero attached hydrogens (tertiary/aromatic N) is 3. The normalized spacial score (nSPS) is 15.3. The summed E-state index contributed by atoms with van der Waals surface area (Å²) in [5, 5.41) is 0. The van der Waals surface area contributed by atoms with Crippen LogP contribution in [0.15, 0.2) is 42.6 Å². The third-order valence-electron chi connectivity index (χ3n) is 6.17. The lowest BCUT2D eigenvalue weighted by molar-refractivity contribution is -0.123. The summed E-state index contributed by atoms with van der Waals surface area (Å²) in [7, 11) is 1.55. The van der Waals surface area contributed by atoms with Crippen molar-refractivity contribution in [2.75, 3.05) is 26.7 Å². The maximum atomic E-state index is 14.5. The van der Waals surface area contributed by atoms with Crippen molar-refractivity contribution in [3.8, 4) is 5.88 Å². The highest BCUT2D eigenvalue weighted by molar-refractivity contribution is 5.83. The number of halogens is 1. The van der Waals surface area contributed by atoms with Crippen LogP contribution in [0, 0.1) is 18.7 Å². The van der Waals surface area contributed by atoms with E-state index in [1.807, 2.05) is 12.1 Å². The van der Waals surface area contributed by atoms with Gasteiger partial charge in [0.05, 0.1) is 24.3 Å². The Labute approximate surface area is 182 Å². The van der Waals surface area contributed by atoms with Gasteiger partial charge >= 0.3 is 0 Å². The van der Waals surface area contributed by atoms with Gasteiger partial charge in [-0.3, -0.25) is 9.78 Å². The monoisotopic (exact) mass is 421 g/mol. The van der Waals surface area contributed by atoms with Crippen LogP contribution in [0.4, 0.5) is 4.39 Å². The molecule has 1 fully saturated rings. The predicted molar refractivity (Wildman–Crippen MR) is 119 cm³/mol. The number of aryl methyl sites for hydroxylation is 1. The van der Waals surface area contributed by atoms with Crippen molar-refractivity contribution in [1.82, 2.24) is 14.9 Å². The van der Waals surface area contributed by atoms with E-state index in [9.17, 15) is 9.18 Å². The number of hydrogen-bond acceptors (Lipinski definition) is 5. The first kappa shape index (κ1) is 21.4. The van der Waals surface area contributed by atoms with Crippen LogP contribution in [0.1, 0.15) is 29.5 Å². The lowest BCUT2D eigenvalue weighted by Gasteiger charge is -2.31. The zero-order chi connectivity index (χ0) is 21.8. The molecule has 0 N–H and O–H groups in total. The minimum Gasteiger partial charge on any atom is -0.481 e. The quantitative estimate of drug-likeness (QED) is 0.574. The SMILES string of the molecule is COc1ccc2ncc(F)c(CCN3CCC(C(=O)Cc4ccc(C)cc4)CC3)c2n1. The largest absolute Gasteiger partial charge is 0.481 e. The van der Waals surface area contributed by atoms with Crippen LogP contribution >= 0.6 is 0 Å². The maximum Gasteiger partial charge on any atom is 0.213 e. The highest BCUT2D eigenvalue weighted by Crippen LogP contribution is 2.24. The molecule has 3 heterocycles. The Morgan fingerprint density at radius 3 is 2.61 bits per heavy atom. The van der Waals surface area contributed by atoms with Gasteiger partial charge in [0.25, 0.3) is 0 Å². The second kappa shape index (κ2) is 9.52. The molecule has 31 heavy (non-hydrogen) atoms. The second-order valence-electron chi connectivity index (χ2n) is 8.30. The molecule has 1 aliphatic rings. The van der Waals surface area contributed by atoms with Crippen molar-refractivity contribution in [3.63, 3.8) is 0 Å². The molecule has 5 nitrogen and oxygen atoms in total. The van der Waals surface area contributed by atoms with E-state index in [0.717, 1.165) is 38.0 Å². The van der Waals surface area contributed by atoms with Crippen LogP contribution in [0.3, 0.4) is 0 Å². The number of methoxy groups -OCH3 is 1. The molecule has 162 valence electrons. The Kier molecular flexibility index (Phi) is 6.56. The smallest absolute Gasteiger partial charge is 0.213 e. The summed E-state index contributed by atoms with van der Waals surface area (Å²) in [6.07, 6.45) is 4.04.